The number of benzene rings is 16. The standard InChI is InChI=1S/C116H124P8Si5.8Au.8ClH.8H2/c1-125(93-117(101-53-21-5-22-54-101)102-55-23-6-24-56-102,94-118(103-57-25-7-26-58-103)104-59-27-8-28-60-104)85-89-129(90-86-126(2,95-119(105-61-29-9-30-62-105)106-63-31-10-32-64-106)96-120(107-65-33-11-34-66-107)108-67-35-12-36-68-108,91-87-127(3,97-121(109-69-37-13-38-70-109)110-71-39-14-40-72-110)98-122(111-73-41-15-42-74-111)112-75-43-16-44-76-112)92-88-128(4,99-123(113-77-45-17-46-78-113)114-79-47-18-48-80-114)100-124(115-81-49-19-50-82-115)116-83-51-20-52-84-116;;;;;;;;;;;;;;;;;;;;;;;;/h5-84H,85-100H2,1-4H3;;;;;;;;;16*1H/p-8. The average Bonchev–Trinajstić information content (AvgIpc) is 0.771. The third-order valence-electron chi connectivity index (χ3n) is 26.4. The van der Waals surface area contributed by atoms with Crippen LogP contribution in [-0.2, 0) is 179 Å². The summed E-state index contributed by atoms with van der Waals surface area (Å²) in [7, 11) is -18.6. The molecule has 0 saturated heterocycles. The molecule has 0 bridgehead atoms. The summed E-state index contributed by atoms with van der Waals surface area (Å²) in [6.45, 7) is 12.0. The molecule has 8 radical (unpaired) electrons. The van der Waals surface area contributed by atoms with Crippen molar-refractivity contribution in [1.29, 1.82) is 0 Å². The minimum absolute atomic E-state index is 0. The number of hydrogen-bond acceptors (Lipinski definition) is 0. The Kier molecular flexibility index (Phi) is 75.5. The molecule has 0 amide bonds. The van der Waals surface area contributed by atoms with Crippen LogP contribution in [-0.4, -0.2) is 86.7 Å². The van der Waals surface area contributed by atoms with E-state index in [-0.39, 0.29) is 290 Å². The Balaban J connectivity index is -0.00000123. The molecular formula is C116H140Au8Cl8P8Si5-8. The molecule has 0 unspecified atom stereocenters. The molecule has 0 spiro atoms. The second kappa shape index (κ2) is 75.3. The van der Waals surface area contributed by atoms with Gasteiger partial charge >= 0.3 is 0 Å². The number of hydrogen-bond donors (Lipinski definition) is 0. The van der Waals surface area contributed by atoms with Crippen LogP contribution in [0.2, 0.25) is 74.5 Å². The van der Waals surface area contributed by atoms with E-state index in [2.05, 4.69) is 511 Å². The maximum atomic E-state index is 3.00. The van der Waals surface area contributed by atoms with Gasteiger partial charge in [0.05, 0.1) is 40.4 Å². The molecule has 16 aromatic carbocycles. The minimum atomic E-state index is -2.72. The molecule has 16 rings (SSSR count). The van der Waals surface area contributed by atoms with Gasteiger partial charge in [0.2, 0.25) is 0 Å². The van der Waals surface area contributed by atoms with Gasteiger partial charge < -0.3 is 99.3 Å². The van der Waals surface area contributed by atoms with Crippen molar-refractivity contribution < 1.29 is 290 Å². The van der Waals surface area contributed by atoms with E-state index >= 15 is 0 Å². The maximum Gasteiger partial charge on any atom is 0.0600 e. The summed E-state index contributed by atoms with van der Waals surface area (Å²) in [6.07, 6.45) is 0. The summed E-state index contributed by atoms with van der Waals surface area (Å²) in [5, 5.41) is 24.4. The van der Waals surface area contributed by atoms with E-state index in [1.165, 1.54) is 180 Å². The van der Waals surface area contributed by atoms with E-state index in [4.69, 9.17) is 0 Å². The Morgan fingerprint density at radius 1 is 0.124 bits per heavy atom. The molecule has 0 atom stereocenters. The Bertz CT molecular complexity index is 4660. The van der Waals surface area contributed by atoms with Gasteiger partial charge in [-0.05, 0) is 195 Å². The fourth-order valence-corrected chi connectivity index (χ4v) is 96.2. The molecule has 0 heterocycles. The first-order valence-corrected chi connectivity index (χ1v) is 73.9. The fourth-order valence-electron chi connectivity index (χ4n) is 19.3. The summed E-state index contributed by atoms with van der Waals surface area (Å²) in [6, 6.07) is 203. The Hall–Kier alpha value is 0.286. The van der Waals surface area contributed by atoms with E-state index in [0.29, 0.717) is 0 Å². The number of rotatable bonds is 44. The van der Waals surface area contributed by atoms with Crippen molar-refractivity contribution in [2.45, 2.75) is 74.5 Å². The quantitative estimate of drug-likeness (QED) is 0.0408. The molecule has 0 aliphatic heterocycles. The largest absolute Gasteiger partial charge is 1.00 e. The van der Waals surface area contributed by atoms with Crippen LogP contribution < -0.4 is 184 Å². The summed E-state index contributed by atoms with van der Waals surface area (Å²) < 4.78 is 0. The van der Waals surface area contributed by atoms with Crippen molar-refractivity contribution in [3.63, 3.8) is 0 Å². The molecular weight excluding hydrogens is 3640 g/mol. The summed E-state index contributed by atoms with van der Waals surface area (Å²) in [5.41, 5.74) is 0. The van der Waals surface area contributed by atoms with Crippen molar-refractivity contribution in [3.05, 3.63) is 485 Å². The Morgan fingerprint density at radius 2 is 0.193 bits per heavy atom. The Labute approximate surface area is 1070 Å². The van der Waals surface area contributed by atoms with Gasteiger partial charge in [-0.15, -0.1) is 0 Å². The first kappa shape index (κ1) is 145. The zero-order valence-electron chi connectivity index (χ0n) is 81.0. The maximum absolute atomic E-state index is 3.00. The van der Waals surface area contributed by atoms with Crippen molar-refractivity contribution >= 4 is 189 Å². The SMILES string of the molecule is C[Si](CC[Si](CC[Si](C)(CP(c1ccccc1)c1ccccc1)CP(c1ccccc1)c1ccccc1)(CC[Si](C)(CP(c1ccccc1)c1ccccc1)CP(c1ccccc1)c1ccccc1)CC[Si](C)(CP(c1ccccc1)c1ccccc1)CP(c1ccccc1)c1ccccc1)(CP(c1ccccc1)c1ccccc1)CP(c1ccccc1)c1ccccc1.[Au].[Au].[Au].[Au].[Au].[Au].[Au].[Au].[Cl-].[Cl-].[Cl-].[Cl-].[Cl-].[Cl-].[Cl-].[Cl-].[HH].[HH].[HH].[HH].[HH].[HH].[HH].[HH]. The van der Waals surface area contributed by atoms with Crippen LogP contribution in [0.4, 0.5) is 0 Å². The van der Waals surface area contributed by atoms with Gasteiger partial charge in [-0.25, -0.2) is 0 Å². The second-order valence-corrected chi connectivity index (χ2v) is 83.5. The zero-order chi connectivity index (χ0) is 88.2. The first-order chi connectivity index (χ1) is 63.3. The van der Waals surface area contributed by atoms with E-state index in [9.17, 15) is 0 Å². The van der Waals surface area contributed by atoms with Crippen LogP contribution in [0.3, 0.4) is 0 Å². The third-order valence-corrected chi connectivity index (χ3v) is 88.8. The molecule has 29 heteroatoms. The molecule has 0 aromatic heterocycles. The van der Waals surface area contributed by atoms with Gasteiger partial charge in [-0.1, -0.05) is 560 Å². The smallest absolute Gasteiger partial charge is 0.0600 e. The molecule has 16 aromatic rings. The van der Waals surface area contributed by atoms with Gasteiger partial charge in [0, 0.05) is 190 Å². The predicted molar refractivity (Wildman–Crippen MR) is 619 cm³/mol. The molecule has 0 nitrogen and oxygen atoms in total. The van der Waals surface area contributed by atoms with E-state index in [0.717, 1.165) is 0 Å². The number of halogens is 8. The minimum Gasteiger partial charge on any atom is -1.00 e. The Morgan fingerprint density at radius 3 is 0.262 bits per heavy atom. The molecule has 0 fully saturated rings. The summed E-state index contributed by atoms with van der Waals surface area (Å²) in [5.74, 6) is 10.1. The van der Waals surface area contributed by atoms with Gasteiger partial charge in [-0.3, -0.25) is 0 Å². The van der Waals surface area contributed by atoms with E-state index in [1.807, 2.05) is 0 Å². The van der Waals surface area contributed by atoms with Crippen LogP contribution in [0.5, 0.6) is 0 Å². The van der Waals surface area contributed by atoms with Crippen molar-refractivity contribution in [3.8, 4) is 0 Å². The van der Waals surface area contributed by atoms with E-state index < -0.39 is 104 Å². The predicted octanol–water partition coefficient (Wildman–Crippen LogP) is 3.11. The van der Waals surface area contributed by atoms with Gasteiger partial charge in [0.25, 0.3) is 0 Å². The monoisotopic (exact) mass is 3780 g/mol. The molecule has 0 aliphatic carbocycles. The van der Waals surface area contributed by atoms with Crippen LogP contribution in [0.1, 0.15) is 11.4 Å². The average molecular weight is 3780 g/mol. The van der Waals surface area contributed by atoms with Crippen LogP contribution >= 0.6 is 63.4 Å². The van der Waals surface area contributed by atoms with Crippen LogP contribution in [0.15, 0.2) is 485 Å². The molecule has 0 N–H and O–H groups in total. The van der Waals surface area contributed by atoms with Crippen molar-refractivity contribution in [2.75, 3.05) is 46.3 Å². The van der Waals surface area contributed by atoms with E-state index in [1.54, 1.807) is 0 Å². The normalized spacial score (nSPS) is 11.0. The molecule has 0 saturated carbocycles. The van der Waals surface area contributed by atoms with Gasteiger partial charge in [-0.2, -0.15) is 0 Å². The second-order valence-electron chi connectivity index (χ2n) is 36.8. The van der Waals surface area contributed by atoms with Crippen LogP contribution in [0.25, 0.3) is 0 Å². The third kappa shape index (κ3) is 43.1. The van der Waals surface area contributed by atoms with Gasteiger partial charge in [0.15, 0.2) is 0 Å². The topological polar surface area (TPSA) is 0 Å². The zero-order valence-corrected chi connectivity index (χ0v) is 117. The summed E-state index contributed by atoms with van der Waals surface area (Å²) >= 11 is 0. The molecule has 145 heavy (non-hydrogen) atoms. The summed E-state index contributed by atoms with van der Waals surface area (Å²) in [4.78, 5) is 0. The van der Waals surface area contributed by atoms with Gasteiger partial charge in [0.1, 0.15) is 0 Å². The van der Waals surface area contributed by atoms with Crippen molar-refractivity contribution in [1.82, 2.24) is 0 Å². The first-order valence-electron chi connectivity index (χ1n) is 46.3. The van der Waals surface area contributed by atoms with Crippen LogP contribution in [0, 0.1) is 0 Å². The fraction of sp³-hybridized carbons (Fsp3) is 0.172. The molecule has 0 aliphatic rings. The van der Waals surface area contributed by atoms with Crippen molar-refractivity contribution in [2.24, 2.45) is 0 Å². The molecule has 816 valence electrons.